The topological polar surface area (TPSA) is 72.7 Å². The van der Waals surface area contributed by atoms with Crippen molar-refractivity contribution in [2.45, 2.75) is 19.5 Å². The van der Waals surface area contributed by atoms with E-state index in [1.165, 1.54) is 0 Å². The maximum Gasteiger partial charge on any atom is 0.191 e. The van der Waals surface area contributed by atoms with Crippen molar-refractivity contribution in [1.82, 2.24) is 20.4 Å². The smallest absolute Gasteiger partial charge is 0.191 e. The number of nitrogens with zero attached hydrogens (tertiary/aromatic N) is 3. The molecule has 0 saturated heterocycles. The van der Waals surface area contributed by atoms with Gasteiger partial charge in [-0.3, -0.25) is 9.67 Å². The van der Waals surface area contributed by atoms with Crippen LogP contribution in [0, 0.1) is 0 Å². The van der Waals surface area contributed by atoms with Gasteiger partial charge >= 0.3 is 0 Å². The Hall–Kier alpha value is -1.97. The van der Waals surface area contributed by atoms with E-state index in [4.69, 9.17) is 9.47 Å². The number of hydrogen-bond donors (Lipinski definition) is 2. The van der Waals surface area contributed by atoms with E-state index in [9.17, 15) is 0 Å². The van der Waals surface area contributed by atoms with Gasteiger partial charge < -0.3 is 20.1 Å². The Morgan fingerprint density at radius 1 is 1.24 bits per heavy atom. The average molecular weight is 459 g/mol. The molecule has 1 heterocycles. The number of nitrogens with one attached hydrogen (secondary N) is 2. The summed E-state index contributed by atoms with van der Waals surface area (Å²) in [6.45, 7) is 2.31. The minimum absolute atomic E-state index is 0. The summed E-state index contributed by atoms with van der Waals surface area (Å²) in [7, 11) is 5.05. The number of hydrogen-bond acceptors (Lipinski definition) is 4. The second kappa shape index (κ2) is 11.6. The Labute approximate surface area is 165 Å². The van der Waals surface area contributed by atoms with Crippen molar-refractivity contribution in [3.8, 4) is 11.5 Å². The SMILES string of the molecule is CN=C(NCCCn1cccn1)NCc1ccc(OC)cc1OC.I. The van der Waals surface area contributed by atoms with E-state index in [0.717, 1.165) is 42.5 Å². The van der Waals surface area contributed by atoms with Gasteiger partial charge in [0.15, 0.2) is 5.96 Å². The fourth-order valence-electron chi connectivity index (χ4n) is 2.28. The number of benzene rings is 1. The Morgan fingerprint density at radius 3 is 2.72 bits per heavy atom. The highest BCUT2D eigenvalue weighted by Gasteiger charge is 2.06. The van der Waals surface area contributed by atoms with E-state index in [2.05, 4.69) is 20.7 Å². The zero-order chi connectivity index (χ0) is 17.2. The van der Waals surface area contributed by atoms with Crippen molar-refractivity contribution < 1.29 is 9.47 Å². The Bertz CT molecular complexity index is 646. The second-order valence-corrected chi connectivity index (χ2v) is 5.15. The Kier molecular flexibility index (Phi) is 9.75. The highest BCUT2D eigenvalue weighted by molar-refractivity contribution is 14.0. The predicted octanol–water partition coefficient (Wildman–Crippen LogP) is 2.27. The van der Waals surface area contributed by atoms with Gasteiger partial charge in [-0.25, -0.2) is 0 Å². The number of ether oxygens (including phenoxy) is 2. The van der Waals surface area contributed by atoms with E-state index in [0.29, 0.717) is 6.54 Å². The monoisotopic (exact) mass is 459 g/mol. The minimum atomic E-state index is 0. The van der Waals surface area contributed by atoms with Crippen molar-refractivity contribution in [1.29, 1.82) is 0 Å². The molecular weight excluding hydrogens is 433 g/mol. The third-order valence-electron chi connectivity index (χ3n) is 3.58. The van der Waals surface area contributed by atoms with E-state index in [1.54, 1.807) is 27.5 Å². The van der Waals surface area contributed by atoms with Gasteiger partial charge in [0.25, 0.3) is 0 Å². The summed E-state index contributed by atoms with van der Waals surface area (Å²) in [4.78, 5) is 4.23. The molecule has 7 nitrogen and oxygen atoms in total. The first-order valence-electron chi connectivity index (χ1n) is 7.89. The molecule has 1 aromatic carbocycles. The van der Waals surface area contributed by atoms with Gasteiger partial charge in [-0.1, -0.05) is 0 Å². The maximum absolute atomic E-state index is 5.40. The van der Waals surface area contributed by atoms with E-state index < -0.39 is 0 Å². The molecule has 2 rings (SSSR count). The molecule has 8 heteroatoms. The maximum atomic E-state index is 5.40. The van der Waals surface area contributed by atoms with Crippen LogP contribution in [0.25, 0.3) is 0 Å². The molecule has 0 aliphatic carbocycles. The Morgan fingerprint density at radius 2 is 2.08 bits per heavy atom. The first kappa shape index (κ1) is 21.1. The standard InChI is InChI=1S/C17H25N5O2.HI/c1-18-17(19-8-4-10-22-11-5-9-21-22)20-13-14-6-7-15(23-2)12-16(14)24-3;/h5-7,9,11-12H,4,8,10,13H2,1-3H3,(H2,18,19,20);1H. The van der Waals surface area contributed by atoms with Crippen LogP contribution in [0.4, 0.5) is 0 Å². The summed E-state index contributed by atoms with van der Waals surface area (Å²) in [6.07, 6.45) is 4.72. The number of methoxy groups -OCH3 is 2. The quantitative estimate of drug-likeness (QED) is 0.274. The second-order valence-electron chi connectivity index (χ2n) is 5.15. The summed E-state index contributed by atoms with van der Waals surface area (Å²) >= 11 is 0. The van der Waals surface area contributed by atoms with Crippen LogP contribution in [-0.4, -0.2) is 43.6 Å². The van der Waals surface area contributed by atoms with Crippen LogP contribution in [0.1, 0.15) is 12.0 Å². The molecule has 0 amide bonds. The van der Waals surface area contributed by atoms with Gasteiger partial charge in [0, 0.05) is 50.7 Å². The minimum Gasteiger partial charge on any atom is -0.497 e. The van der Waals surface area contributed by atoms with Crippen LogP contribution in [0.2, 0.25) is 0 Å². The molecule has 2 N–H and O–H groups in total. The van der Waals surface area contributed by atoms with Crippen molar-refractivity contribution in [2.75, 3.05) is 27.8 Å². The zero-order valence-electron chi connectivity index (χ0n) is 14.9. The van der Waals surface area contributed by atoms with Gasteiger partial charge in [-0.2, -0.15) is 5.10 Å². The van der Waals surface area contributed by atoms with Crippen LogP contribution in [0.5, 0.6) is 11.5 Å². The van der Waals surface area contributed by atoms with Gasteiger partial charge in [-0.15, -0.1) is 24.0 Å². The Balaban J connectivity index is 0.00000312. The first-order chi connectivity index (χ1) is 11.8. The normalized spacial score (nSPS) is 10.8. The van der Waals surface area contributed by atoms with Crippen LogP contribution in [0.15, 0.2) is 41.7 Å². The van der Waals surface area contributed by atoms with E-state index in [1.807, 2.05) is 35.1 Å². The molecule has 0 bridgehead atoms. The van der Waals surface area contributed by atoms with Gasteiger partial charge in [0.2, 0.25) is 0 Å². The molecule has 1 aromatic heterocycles. The highest BCUT2D eigenvalue weighted by atomic mass is 127. The third-order valence-corrected chi connectivity index (χ3v) is 3.58. The summed E-state index contributed by atoms with van der Waals surface area (Å²) in [5, 5.41) is 10.8. The lowest BCUT2D eigenvalue weighted by molar-refractivity contribution is 0.390. The predicted molar refractivity (Wildman–Crippen MR) is 110 cm³/mol. The molecule has 0 unspecified atom stereocenters. The largest absolute Gasteiger partial charge is 0.497 e. The summed E-state index contributed by atoms with van der Waals surface area (Å²) in [6, 6.07) is 7.70. The molecule has 0 atom stereocenters. The number of halogens is 1. The molecular formula is C17H26IN5O2. The summed E-state index contributed by atoms with van der Waals surface area (Å²) < 4.78 is 12.5. The highest BCUT2D eigenvalue weighted by Crippen LogP contribution is 2.24. The number of aromatic nitrogens is 2. The first-order valence-corrected chi connectivity index (χ1v) is 7.89. The van der Waals surface area contributed by atoms with Crippen molar-refractivity contribution >= 4 is 29.9 Å². The molecule has 0 aliphatic heterocycles. The fourth-order valence-corrected chi connectivity index (χ4v) is 2.28. The molecule has 138 valence electrons. The molecule has 0 fully saturated rings. The molecule has 0 radical (unpaired) electrons. The lowest BCUT2D eigenvalue weighted by Crippen LogP contribution is -2.37. The summed E-state index contributed by atoms with van der Waals surface area (Å²) in [5.41, 5.74) is 1.04. The molecule has 0 aliphatic rings. The summed E-state index contributed by atoms with van der Waals surface area (Å²) in [5.74, 6) is 2.32. The zero-order valence-corrected chi connectivity index (χ0v) is 17.2. The number of guanidine groups is 1. The van der Waals surface area contributed by atoms with E-state index in [-0.39, 0.29) is 24.0 Å². The van der Waals surface area contributed by atoms with Crippen LogP contribution >= 0.6 is 24.0 Å². The lowest BCUT2D eigenvalue weighted by Gasteiger charge is -2.14. The molecule has 2 aromatic rings. The van der Waals surface area contributed by atoms with Gasteiger partial charge in [0.1, 0.15) is 11.5 Å². The van der Waals surface area contributed by atoms with Crippen LogP contribution < -0.4 is 20.1 Å². The number of aliphatic imine (C=N–C) groups is 1. The van der Waals surface area contributed by atoms with Crippen molar-refractivity contribution in [3.63, 3.8) is 0 Å². The van der Waals surface area contributed by atoms with Crippen molar-refractivity contribution in [2.24, 2.45) is 4.99 Å². The molecule has 0 saturated carbocycles. The van der Waals surface area contributed by atoms with Gasteiger partial charge in [0.05, 0.1) is 14.2 Å². The van der Waals surface area contributed by atoms with Crippen molar-refractivity contribution in [3.05, 3.63) is 42.2 Å². The van der Waals surface area contributed by atoms with Crippen LogP contribution in [-0.2, 0) is 13.1 Å². The average Bonchev–Trinajstić information content (AvgIpc) is 3.14. The number of aryl methyl sites for hydroxylation is 1. The molecule has 0 spiro atoms. The number of rotatable bonds is 8. The lowest BCUT2D eigenvalue weighted by atomic mass is 10.2. The van der Waals surface area contributed by atoms with Gasteiger partial charge in [-0.05, 0) is 24.6 Å². The fraction of sp³-hybridized carbons (Fsp3) is 0.412. The molecule has 25 heavy (non-hydrogen) atoms. The van der Waals surface area contributed by atoms with Crippen LogP contribution in [0.3, 0.4) is 0 Å². The third kappa shape index (κ3) is 6.81. The van der Waals surface area contributed by atoms with E-state index >= 15 is 0 Å².